The molecule has 0 heterocycles. The zero-order chi connectivity index (χ0) is 20.0. The van der Waals surface area contributed by atoms with Crippen LogP contribution in [0, 0.1) is 20.8 Å². The van der Waals surface area contributed by atoms with Gasteiger partial charge in [-0.05, 0) is 84.7 Å². The maximum atomic E-state index is 12.5. The molecule has 27 heavy (non-hydrogen) atoms. The Morgan fingerprint density at radius 3 is 2.41 bits per heavy atom. The SMILES string of the molecule is CCCCOc1ccc(C(=O)NC(=S)Nc2c(C)cc(C)cc2C)cc1Br. The number of aryl methyl sites for hydroxylation is 3. The molecule has 144 valence electrons. The largest absolute Gasteiger partial charge is 0.492 e. The number of halogens is 1. The standard InChI is InChI=1S/C21H25BrN2O2S/c1-5-6-9-26-18-8-7-16(12-17(18)22)20(25)24-21(27)23-19-14(3)10-13(2)11-15(19)4/h7-8,10-12H,5-6,9H2,1-4H3,(H2,23,24,25,27). The fourth-order valence-electron chi connectivity index (χ4n) is 2.78. The molecule has 0 saturated heterocycles. The lowest BCUT2D eigenvalue weighted by atomic mass is 10.1. The fraction of sp³-hybridized carbons (Fsp3) is 0.333. The molecule has 0 unspecified atom stereocenters. The first-order valence-electron chi connectivity index (χ1n) is 8.94. The van der Waals surface area contributed by atoms with Crippen molar-refractivity contribution in [3.8, 4) is 5.75 Å². The summed E-state index contributed by atoms with van der Waals surface area (Å²) >= 11 is 8.77. The number of benzene rings is 2. The van der Waals surface area contributed by atoms with Crippen LogP contribution >= 0.6 is 28.1 Å². The van der Waals surface area contributed by atoms with Gasteiger partial charge in [0.25, 0.3) is 5.91 Å². The van der Waals surface area contributed by atoms with Crippen LogP contribution in [0.2, 0.25) is 0 Å². The minimum absolute atomic E-state index is 0.268. The Kier molecular flexibility index (Phi) is 7.80. The van der Waals surface area contributed by atoms with Gasteiger partial charge in [0.15, 0.2) is 5.11 Å². The van der Waals surface area contributed by atoms with Gasteiger partial charge in [-0.25, -0.2) is 0 Å². The van der Waals surface area contributed by atoms with Gasteiger partial charge in [0, 0.05) is 11.3 Å². The molecular formula is C21H25BrN2O2S. The summed E-state index contributed by atoms with van der Waals surface area (Å²) in [7, 11) is 0. The van der Waals surface area contributed by atoms with Crippen molar-refractivity contribution in [2.24, 2.45) is 0 Å². The van der Waals surface area contributed by atoms with E-state index in [2.05, 4.69) is 52.5 Å². The predicted molar refractivity (Wildman–Crippen MR) is 119 cm³/mol. The topological polar surface area (TPSA) is 50.4 Å². The third-order valence-corrected chi connectivity index (χ3v) is 4.92. The van der Waals surface area contributed by atoms with Gasteiger partial charge in [-0.3, -0.25) is 10.1 Å². The summed E-state index contributed by atoms with van der Waals surface area (Å²) in [5.74, 6) is 0.460. The highest BCUT2D eigenvalue weighted by Crippen LogP contribution is 2.26. The lowest BCUT2D eigenvalue weighted by Crippen LogP contribution is -2.34. The second kappa shape index (κ2) is 9.85. The smallest absolute Gasteiger partial charge is 0.257 e. The van der Waals surface area contributed by atoms with Crippen LogP contribution in [0.4, 0.5) is 5.69 Å². The van der Waals surface area contributed by atoms with Gasteiger partial charge in [0.1, 0.15) is 5.75 Å². The summed E-state index contributed by atoms with van der Waals surface area (Å²) in [6.07, 6.45) is 2.06. The molecule has 0 aliphatic rings. The number of unbranched alkanes of at least 4 members (excludes halogenated alkanes) is 1. The lowest BCUT2D eigenvalue weighted by Gasteiger charge is -2.15. The number of carbonyl (C=O) groups excluding carboxylic acids is 1. The minimum atomic E-state index is -0.268. The first-order chi connectivity index (χ1) is 12.8. The summed E-state index contributed by atoms with van der Waals surface area (Å²) in [5, 5.41) is 6.13. The molecular weight excluding hydrogens is 424 g/mol. The Balaban J connectivity index is 2.02. The Labute approximate surface area is 174 Å². The van der Waals surface area contributed by atoms with Gasteiger partial charge in [0.2, 0.25) is 0 Å². The zero-order valence-electron chi connectivity index (χ0n) is 16.1. The Bertz CT molecular complexity index is 829. The lowest BCUT2D eigenvalue weighted by molar-refractivity contribution is 0.0977. The summed E-state index contributed by atoms with van der Waals surface area (Å²) in [6.45, 7) is 8.85. The number of thiocarbonyl (C=S) groups is 1. The van der Waals surface area contributed by atoms with E-state index in [0.717, 1.165) is 39.9 Å². The van der Waals surface area contributed by atoms with E-state index in [0.29, 0.717) is 12.2 Å². The van der Waals surface area contributed by atoms with E-state index in [-0.39, 0.29) is 11.0 Å². The van der Waals surface area contributed by atoms with Gasteiger partial charge >= 0.3 is 0 Å². The number of rotatable bonds is 6. The quantitative estimate of drug-likeness (QED) is 0.440. The Hall–Kier alpha value is -1.92. The second-order valence-electron chi connectivity index (χ2n) is 6.53. The zero-order valence-corrected chi connectivity index (χ0v) is 18.5. The predicted octanol–water partition coefficient (Wildman–Crippen LogP) is 5.68. The van der Waals surface area contributed by atoms with Gasteiger partial charge < -0.3 is 10.1 Å². The number of anilines is 1. The Morgan fingerprint density at radius 2 is 1.81 bits per heavy atom. The molecule has 0 atom stereocenters. The van der Waals surface area contributed by atoms with Gasteiger partial charge in [-0.1, -0.05) is 31.0 Å². The van der Waals surface area contributed by atoms with E-state index in [4.69, 9.17) is 17.0 Å². The molecule has 0 saturated carbocycles. The number of nitrogens with one attached hydrogen (secondary N) is 2. The van der Waals surface area contributed by atoms with E-state index >= 15 is 0 Å². The van der Waals surface area contributed by atoms with Crippen molar-refractivity contribution >= 4 is 44.9 Å². The number of carbonyl (C=O) groups is 1. The third-order valence-electron chi connectivity index (χ3n) is 4.09. The van der Waals surface area contributed by atoms with E-state index in [9.17, 15) is 4.79 Å². The molecule has 1 amide bonds. The van der Waals surface area contributed by atoms with Crippen molar-refractivity contribution in [3.63, 3.8) is 0 Å². The van der Waals surface area contributed by atoms with Crippen LogP contribution in [-0.4, -0.2) is 17.6 Å². The monoisotopic (exact) mass is 448 g/mol. The summed E-state index contributed by atoms with van der Waals surface area (Å²) in [5.41, 5.74) is 4.79. The molecule has 2 aromatic carbocycles. The summed E-state index contributed by atoms with van der Waals surface area (Å²) < 4.78 is 6.44. The van der Waals surface area contributed by atoms with Crippen LogP contribution in [0.15, 0.2) is 34.8 Å². The Morgan fingerprint density at radius 1 is 1.15 bits per heavy atom. The van der Waals surface area contributed by atoms with Crippen molar-refractivity contribution in [2.75, 3.05) is 11.9 Å². The maximum Gasteiger partial charge on any atom is 0.257 e. The number of hydrogen-bond acceptors (Lipinski definition) is 3. The maximum absolute atomic E-state index is 12.5. The highest BCUT2D eigenvalue weighted by atomic mass is 79.9. The first-order valence-corrected chi connectivity index (χ1v) is 10.1. The first kappa shape index (κ1) is 21.4. The van der Waals surface area contributed by atoms with Crippen molar-refractivity contribution in [3.05, 3.63) is 57.1 Å². The van der Waals surface area contributed by atoms with Crippen molar-refractivity contribution in [1.82, 2.24) is 5.32 Å². The number of amides is 1. The normalized spacial score (nSPS) is 10.4. The summed E-state index contributed by atoms with van der Waals surface area (Å²) in [4.78, 5) is 12.5. The second-order valence-corrected chi connectivity index (χ2v) is 7.79. The molecule has 0 radical (unpaired) electrons. The molecule has 0 aromatic heterocycles. The van der Waals surface area contributed by atoms with Gasteiger partial charge in [-0.15, -0.1) is 0 Å². The van der Waals surface area contributed by atoms with Crippen LogP contribution in [-0.2, 0) is 0 Å². The van der Waals surface area contributed by atoms with Crippen molar-refractivity contribution in [1.29, 1.82) is 0 Å². The van der Waals surface area contributed by atoms with E-state index in [1.165, 1.54) is 5.56 Å². The van der Waals surface area contributed by atoms with Crippen LogP contribution in [0.3, 0.4) is 0 Å². The van der Waals surface area contributed by atoms with Gasteiger partial charge in [-0.2, -0.15) is 0 Å². The molecule has 0 aliphatic carbocycles. The average molecular weight is 449 g/mol. The molecule has 0 aliphatic heterocycles. The van der Waals surface area contributed by atoms with Gasteiger partial charge in [0.05, 0.1) is 11.1 Å². The fourth-order valence-corrected chi connectivity index (χ4v) is 3.47. The average Bonchev–Trinajstić information content (AvgIpc) is 2.59. The molecule has 2 rings (SSSR count). The number of ether oxygens (including phenoxy) is 1. The van der Waals surface area contributed by atoms with Crippen LogP contribution in [0.5, 0.6) is 5.75 Å². The number of hydrogen-bond donors (Lipinski definition) is 2. The molecule has 0 bridgehead atoms. The highest BCUT2D eigenvalue weighted by Gasteiger charge is 2.12. The summed E-state index contributed by atoms with van der Waals surface area (Å²) in [6, 6.07) is 9.41. The molecule has 0 fully saturated rings. The molecule has 2 N–H and O–H groups in total. The van der Waals surface area contributed by atoms with Crippen LogP contribution in [0.1, 0.15) is 46.8 Å². The van der Waals surface area contributed by atoms with E-state index < -0.39 is 0 Å². The van der Waals surface area contributed by atoms with E-state index in [1.54, 1.807) is 18.2 Å². The van der Waals surface area contributed by atoms with E-state index in [1.807, 2.05) is 13.8 Å². The molecule has 0 spiro atoms. The van der Waals surface area contributed by atoms with Crippen molar-refractivity contribution in [2.45, 2.75) is 40.5 Å². The minimum Gasteiger partial charge on any atom is -0.492 e. The van der Waals surface area contributed by atoms with Crippen LogP contribution in [0.25, 0.3) is 0 Å². The molecule has 6 heteroatoms. The van der Waals surface area contributed by atoms with Crippen molar-refractivity contribution < 1.29 is 9.53 Å². The van der Waals surface area contributed by atoms with Crippen LogP contribution < -0.4 is 15.4 Å². The molecule has 4 nitrogen and oxygen atoms in total. The molecule has 2 aromatic rings. The third kappa shape index (κ3) is 6.04. The highest BCUT2D eigenvalue weighted by molar-refractivity contribution is 9.10.